The van der Waals surface area contributed by atoms with Gasteiger partial charge in [0.15, 0.2) is 5.11 Å². The number of hydrogen-bond donors (Lipinski definition) is 1. The van der Waals surface area contributed by atoms with E-state index in [1.54, 1.807) is 7.11 Å². The number of nitrogens with zero attached hydrogens (tertiary/aromatic N) is 3. The van der Waals surface area contributed by atoms with Crippen LogP contribution in [0.25, 0.3) is 5.69 Å². The highest BCUT2D eigenvalue weighted by atomic mass is 35.5. The first-order valence-corrected chi connectivity index (χ1v) is 12.8. The van der Waals surface area contributed by atoms with Gasteiger partial charge in [0.2, 0.25) is 0 Å². The lowest BCUT2D eigenvalue weighted by atomic mass is 9.96. The van der Waals surface area contributed by atoms with Crippen molar-refractivity contribution < 1.29 is 4.74 Å². The second-order valence-electron chi connectivity index (χ2n) is 8.99. The summed E-state index contributed by atoms with van der Waals surface area (Å²) in [6.45, 7) is 6.40. The molecule has 1 fully saturated rings. The lowest BCUT2D eigenvalue weighted by Crippen LogP contribution is -2.29. The Bertz CT molecular complexity index is 1400. The first-order valence-electron chi connectivity index (χ1n) is 12.0. The number of methoxy groups -OCH3 is 1. The highest BCUT2D eigenvalue weighted by molar-refractivity contribution is 7.80. The zero-order valence-electron chi connectivity index (χ0n) is 20.8. The minimum absolute atomic E-state index is 0.0926. The summed E-state index contributed by atoms with van der Waals surface area (Å²) in [6.07, 6.45) is 2.82. The minimum Gasteiger partial charge on any atom is -0.495 e. The second kappa shape index (κ2) is 9.96. The van der Waals surface area contributed by atoms with Gasteiger partial charge in [0.25, 0.3) is 0 Å². The first-order chi connectivity index (χ1) is 17.4. The topological polar surface area (TPSA) is 42.3 Å². The van der Waals surface area contributed by atoms with E-state index in [1.165, 1.54) is 5.56 Å². The van der Waals surface area contributed by atoms with Crippen molar-refractivity contribution in [1.82, 2.24) is 14.9 Å². The van der Waals surface area contributed by atoms with Crippen LogP contribution < -0.4 is 15.0 Å². The number of thiocarbonyl (C=S) groups is 1. The summed E-state index contributed by atoms with van der Waals surface area (Å²) in [5.41, 5.74) is 7.55. The van der Waals surface area contributed by atoms with Crippen molar-refractivity contribution in [2.75, 3.05) is 12.0 Å². The van der Waals surface area contributed by atoms with E-state index in [4.69, 9.17) is 28.6 Å². The fourth-order valence-corrected chi connectivity index (χ4v) is 5.65. The predicted molar refractivity (Wildman–Crippen MR) is 151 cm³/mol. The number of aromatic nitrogens is 2. The maximum absolute atomic E-state index is 6.40. The Morgan fingerprint density at radius 2 is 1.83 bits per heavy atom. The Labute approximate surface area is 222 Å². The normalized spacial score (nSPS) is 17.4. The van der Waals surface area contributed by atoms with Crippen molar-refractivity contribution in [3.05, 3.63) is 106 Å². The Morgan fingerprint density at radius 1 is 1.06 bits per heavy atom. The fourth-order valence-electron chi connectivity index (χ4n) is 5.14. The third-order valence-corrected chi connectivity index (χ3v) is 7.44. The quantitative estimate of drug-likeness (QED) is 0.283. The summed E-state index contributed by atoms with van der Waals surface area (Å²) < 4.78 is 7.89. The van der Waals surface area contributed by atoms with Crippen molar-refractivity contribution in [3.8, 4) is 11.4 Å². The van der Waals surface area contributed by atoms with Crippen LogP contribution in [-0.4, -0.2) is 21.8 Å². The smallest absolute Gasteiger partial charge is 0.174 e. The van der Waals surface area contributed by atoms with E-state index in [-0.39, 0.29) is 12.1 Å². The standard InChI is InChI=1S/C29H29ClN4OS/c1-5-20-9-12-22(13-10-20)34-28(27(32-29(34)36)24-8-6-7-15-31-24)23-16-18(2)33(19(23)3)25-17-21(30)11-14-26(25)35-4/h6-17,27-28H,5H2,1-4H3,(H,32,36)/t27-,28-/m0/s1. The van der Waals surface area contributed by atoms with Gasteiger partial charge in [0, 0.05) is 28.3 Å². The molecule has 0 radical (unpaired) electrons. The largest absolute Gasteiger partial charge is 0.495 e. The van der Waals surface area contributed by atoms with Gasteiger partial charge in [0.1, 0.15) is 5.75 Å². The highest BCUT2D eigenvalue weighted by Crippen LogP contribution is 2.44. The van der Waals surface area contributed by atoms with Crippen molar-refractivity contribution >= 4 is 34.6 Å². The summed E-state index contributed by atoms with van der Waals surface area (Å²) in [5.74, 6) is 0.765. The molecule has 36 heavy (non-hydrogen) atoms. The Balaban J connectivity index is 1.69. The number of benzene rings is 2. The molecular formula is C29H29ClN4OS. The van der Waals surface area contributed by atoms with E-state index >= 15 is 0 Å². The van der Waals surface area contributed by atoms with Gasteiger partial charge in [-0.3, -0.25) is 4.98 Å². The van der Waals surface area contributed by atoms with Gasteiger partial charge in [-0.05, 0) is 92.1 Å². The number of aryl methyl sites for hydroxylation is 2. The van der Waals surface area contributed by atoms with Gasteiger partial charge in [0.05, 0.1) is 30.6 Å². The highest BCUT2D eigenvalue weighted by Gasteiger charge is 2.42. The van der Waals surface area contributed by atoms with E-state index in [9.17, 15) is 0 Å². The number of nitrogens with one attached hydrogen (secondary N) is 1. The molecule has 0 unspecified atom stereocenters. The number of pyridine rings is 1. The van der Waals surface area contributed by atoms with Crippen LogP contribution in [-0.2, 0) is 6.42 Å². The van der Waals surface area contributed by atoms with E-state index < -0.39 is 0 Å². The van der Waals surface area contributed by atoms with Crippen LogP contribution in [0, 0.1) is 13.8 Å². The lowest BCUT2D eigenvalue weighted by molar-refractivity contribution is 0.412. The Kier molecular flexibility index (Phi) is 6.73. The molecular weight excluding hydrogens is 488 g/mol. The summed E-state index contributed by atoms with van der Waals surface area (Å²) in [5, 5.41) is 4.91. The van der Waals surface area contributed by atoms with Gasteiger partial charge < -0.3 is 19.5 Å². The van der Waals surface area contributed by atoms with Crippen molar-refractivity contribution in [1.29, 1.82) is 0 Å². The summed E-state index contributed by atoms with van der Waals surface area (Å²) in [4.78, 5) is 6.91. The molecule has 1 N–H and O–H groups in total. The number of halogens is 1. The van der Waals surface area contributed by atoms with Gasteiger partial charge in [-0.25, -0.2) is 0 Å². The maximum atomic E-state index is 6.40. The Morgan fingerprint density at radius 3 is 2.50 bits per heavy atom. The number of hydrogen-bond acceptors (Lipinski definition) is 3. The van der Waals surface area contributed by atoms with Crippen LogP contribution in [0.2, 0.25) is 5.02 Å². The van der Waals surface area contributed by atoms with Gasteiger partial charge in [-0.15, -0.1) is 0 Å². The SMILES string of the molecule is CCc1ccc(N2C(=S)N[C@@H](c3ccccn3)[C@@H]2c2cc(C)n(-c3cc(Cl)ccc3OC)c2C)cc1. The zero-order chi connectivity index (χ0) is 25.4. The fraction of sp³-hybridized carbons (Fsp3) is 0.241. The average Bonchev–Trinajstić information content (AvgIpc) is 3.39. The molecule has 0 amide bonds. The Hall–Kier alpha value is -3.35. The predicted octanol–water partition coefficient (Wildman–Crippen LogP) is 6.89. The van der Waals surface area contributed by atoms with Crippen molar-refractivity contribution in [3.63, 3.8) is 0 Å². The average molecular weight is 517 g/mol. The molecule has 1 saturated heterocycles. The number of anilines is 1. The minimum atomic E-state index is -0.111. The van der Waals surface area contributed by atoms with Crippen molar-refractivity contribution in [2.24, 2.45) is 0 Å². The van der Waals surface area contributed by atoms with Crippen LogP contribution in [0.3, 0.4) is 0 Å². The third kappa shape index (κ3) is 4.25. The second-order valence-corrected chi connectivity index (χ2v) is 9.82. The van der Waals surface area contributed by atoms with Crippen LogP contribution in [0.5, 0.6) is 5.75 Å². The molecule has 1 aliphatic heterocycles. The van der Waals surface area contributed by atoms with E-state index in [2.05, 4.69) is 76.9 Å². The van der Waals surface area contributed by atoms with Gasteiger partial charge in [-0.1, -0.05) is 36.7 Å². The third-order valence-electron chi connectivity index (χ3n) is 6.89. The summed E-state index contributed by atoms with van der Waals surface area (Å²) in [7, 11) is 1.68. The zero-order valence-corrected chi connectivity index (χ0v) is 22.4. The molecule has 2 aromatic heterocycles. The van der Waals surface area contributed by atoms with Crippen LogP contribution >= 0.6 is 23.8 Å². The summed E-state index contributed by atoms with van der Waals surface area (Å²) in [6, 6.07) is 22.4. The molecule has 0 aliphatic carbocycles. The molecule has 2 atom stereocenters. The molecule has 0 saturated carbocycles. The molecule has 7 heteroatoms. The molecule has 4 aromatic rings. The monoisotopic (exact) mass is 516 g/mol. The van der Waals surface area contributed by atoms with Crippen molar-refractivity contribution in [2.45, 2.75) is 39.3 Å². The summed E-state index contributed by atoms with van der Waals surface area (Å²) >= 11 is 12.3. The molecule has 2 aromatic carbocycles. The maximum Gasteiger partial charge on any atom is 0.174 e. The molecule has 3 heterocycles. The first kappa shape index (κ1) is 24.3. The van der Waals surface area contributed by atoms with Crippen LogP contribution in [0.1, 0.15) is 47.2 Å². The molecule has 5 nitrogen and oxygen atoms in total. The van der Waals surface area contributed by atoms with Crippen LogP contribution in [0.15, 0.2) is 72.9 Å². The molecule has 1 aliphatic rings. The van der Waals surface area contributed by atoms with Gasteiger partial charge >= 0.3 is 0 Å². The number of ether oxygens (including phenoxy) is 1. The van der Waals surface area contributed by atoms with E-state index in [0.29, 0.717) is 10.1 Å². The van der Waals surface area contributed by atoms with Gasteiger partial charge in [-0.2, -0.15) is 0 Å². The molecule has 0 spiro atoms. The molecule has 0 bridgehead atoms. The van der Waals surface area contributed by atoms with E-state index in [1.807, 2.05) is 36.5 Å². The van der Waals surface area contributed by atoms with Crippen LogP contribution in [0.4, 0.5) is 5.69 Å². The lowest BCUT2D eigenvalue weighted by Gasteiger charge is -2.28. The molecule has 184 valence electrons. The number of rotatable bonds is 6. The molecule has 5 rings (SSSR count). The van der Waals surface area contributed by atoms with E-state index in [0.717, 1.165) is 46.2 Å².